The molecule has 2 amide bonds. The van der Waals surface area contributed by atoms with Crippen molar-refractivity contribution in [3.63, 3.8) is 0 Å². The molecule has 0 unspecified atom stereocenters. The van der Waals surface area contributed by atoms with Crippen molar-refractivity contribution in [1.29, 1.82) is 0 Å². The van der Waals surface area contributed by atoms with E-state index in [-0.39, 0.29) is 18.5 Å². The summed E-state index contributed by atoms with van der Waals surface area (Å²) >= 11 is 1.61. The topological polar surface area (TPSA) is 60.9 Å². The number of nitrogens with zero attached hydrogens (tertiary/aromatic N) is 2. The molecule has 19 heavy (non-hydrogen) atoms. The fourth-order valence-corrected chi connectivity index (χ4v) is 2.64. The van der Waals surface area contributed by atoms with Crippen LogP contribution in [0.4, 0.5) is 4.79 Å². The lowest BCUT2D eigenvalue weighted by molar-refractivity contribution is -0.137. The van der Waals surface area contributed by atoms with E-state index in [0.29, 0.717) is 13.1 Å². The van der Waals surface area contributed by atoms with Crippen LogP contribution in [0.5, 0.6) is 0 Å². The summed E-state index contributed by atoms with van der Waals surface area (Å²) in [6.45, 7) is 0.867. The highest BCUT2D eigenvalue weighted by Crippen LogP contribution is 2.28. The van der Waals surface area contributed by atoms with Crippen LogP contribution >= 0.6 is 11.3 Å². The molecule has 0 bridgehead atoms. The van der Waals surface area contributed by atoms with Crippen molar-refractivity contribution < 1.29 is 14.7 Å². The van der Waals surface area contributed by atoms with Gasteiger partial charge in [0.25, 0.3) is 0 Å². The first-order valence-electron chi connectivity index (χ1n) is 6.32. The Morgan fingerprint density at radius 1 is 1.47 bits per heavy atom. The summed E-state index contributed by atoms with van der Waals surface area (Å²) < 4.78 is 0. The molecule has 0 atom stereocenters. The normalized spacial score (nSPS) is 14.2. The molecule has 1 aromatic rings. The summed E-state index contributed by atoms with van der Waals surface area (Å²) in [7, 11) is 1.76. The summed E-state index contributed by atoms with van der Waals surface area (Å²) in [5.74, 6) is -0.862. The van der Waals surface area contributed by atoms with Crippen LogP contribution < -0.4 is 0 Å². The molecule has 6 heteroatoms. The Kier molecular flexibility index (Phi) is 4.42. The fourth-order valence-electron chi connectivity index (χ4n) is 1.98. The summed E-state index contributed by atoms with van der Waals surface area (Å²) in [4.78, 5) is 26.3. The average Bonchev–Trinajstić information content (AvgIpc) is 3.06. The van der Waals surface area contributed by atoms with Crippen molar-refractivity contribution in [2.75, 3.05) is 13.6 Å². The molecule has 1 heterocycles. The van der Waals surface area contributed by atoms with Gasteiger partial charge in [0, 0.05) is 26.2 Å². The van der Waals surface area contributed by atoms with E-state index < -0.39 is 5.97 Å². The number of rotatable bonds is 6. The van der Waals surface area contributed by atoms with Gasteiger partial charge in [0.15, 0.2) is 0 Å². The zero-order valence-corrected chi connectivity index (χ0v) is 11.7. The average molecular weight is 282 g/mol. The van der Waals surface area contributed by atoms with Crippen molar-refractivity contribution in [3.05, 3.63) is 22.4 Å². The lowest BCUT2D eigenvalue weighted by Gasteiger charge is -2.27. The maximum absolute atomic E-state index is 12.3. The lowest BCUT2D eigenvalue weighted by atomic mass is 10.3. The Balaban J connectivity index is 1.92. The molecule has 0 aromatic carbocycles. The summed E-state index contributed by atoms with van der Waals surface area (Å²) in [6, 6.07) is 2.15. The van der Waals surface area contributed by atoms with E-state index in [2.05, 4.69) is 0 Å². The number of carboxylic acid groups (broad SMARTS) is 1. The van der Waals surface area contributed by atoms with Crippen LogP contribution in [0.15, 0.2) is 16.8 Å². The third kappa shape index (κ3) is 3.96. The molecule has 1 aliphatic rings. The molecule has 5 nitrogen and oxygen atoms in total. The van der Waals surface area contributed by atoms with E-state index in [1.807, 2.05) is 16.8 Å². The summed E-state index contributed by atoms with van der Waals surface area (Å²) in [6.07, 6.45) is 1.98. The lowest BCUT2D eigenvalue weighted by Crippen LogP contribution is -2.43. The van der Waals surface area contributed by atoms with Gasteiger partial charge in [-0.1, -0.05) is 0 Å². The Morgan fingerprint density at radius 3 is 2.74 bits per heavy atom. The van der Waals surface area contributed by atoms with Crippen LogP contribution in [0.3, 0.4) is 0 Å². The highest BCUT2D eigenvalue weighted by atomic mass is 32.1. The smallest absolute Gasteiger partial charge is 0.320 e. The number of thiophene rings is 1. The molecule has 1 saturated carbocycles. The van der Waals surface area contributed by atoms with Gasteiger partial charge in [0.05, 0.1) is 6.42 Å². The Morgan fingerprint density at radius 2 is 2.21 bits per heavy atom. The number of carbonyl (C=O) groups is 2. The van der Waals surface area contributed by atoms with Crippen LogP contribution in [0, 0.1) is 0 Å². The van der Waals surface area contributed by atoms with Gasteiger partial charge in [0.2, 0.25) is 0 Å². The maximum atomic E-state index is 12.3. The van der Waals surface area contributed by atoms with Gasteiger partial charge in [-0.2, -0.15) is 11.3 Å². The number of hydrogen-bond acceptors (Lipinski definition) is 3. The number of amides is 2. The molecule has 1 N–H and O–H groups in total. The van der Waals surface area contributed by atoms with Gasteiger partial charge in [-0.05, 0) is 35.2 Å². The van der Waals surface area contributed by atoms with Crippen LogP contribution in [-0.2, 0) is 11.3 Å². The molecular weight excluding hydrogens is 264 g/mol. The van der Waals surface area contributed by atoms with E-state index >= 15 is 0 Å². The Hall–Kier alpha value is -1.56. The number of carbonyl (C=O) groups excluding carboxylic acids is 1. The molecule has 0 spiro atoms. The third-order valence-electron chi connectivity index (χ3n) is 3.13. The first kappa shape index (κ1) is 13.9. The second kappa shape index (κ2) is 6.06. The molecular formula is C13H18N2O3S. The monoisotopic (exact) mass is 282 g/mol. The third-order valence-corrected chi connectivity index (χ3v) is 3.86. The number of hydrogen-bond donors (Lipinski definition) is 1. The zero-order chi connectivity index (χ0) is 13.8. The van der Waals surface area contributed by atoms with E-state index in [4.69, 9.17) is 5.11 Å². The van der Waals surface area contributed by atoms with Crippen molar-refractivity contribution in [1.82, 2.24) is 9.80 Å². The standard InChI is InChI=1S/C13H18N2O3S/c1-14(8-10-5-7-19-9-10)13(18)15(11-2-3-11)6-4-12(16)17/h5,7,9,11H,2-4,6,8H2,1H3,(H,16,17). The van der Waals surface area contributed by atoms with Crippen LogP contribution in [0.1, 0.15) is 24.8 Å². The van der Waals surface area contributed by atoms with Gasteiger partial charge in [-0.15, -0.1) is 0 Å². The first-order chi connectivity index (χ1) is 9.08. The quantitative estimate of drug-likeness (QED) is 0.870. The highest BCUT2D eigenvalue weighted by molar-refractivity contribution is 7.07. The van der Waals surface area contributed by atoms with E-state index in [0.717, 1.165) is 18.4 Å². The van der Waals surface area contributed by atoms with E-state index in [9.17, 15) is 9.59 Å². The second-order valence-electron chi connectivity index (χ2n) is 4.84. The minimum absolute atomic E-state index is 0.00846. The first-order valence-corrected chi connectivity index (χ1v) is 7.27. The SMILES string of the molecule is CN(Cc1ccsc1)C(=O)N(CCC(=O)O)C1CC1. The number of urea groups is 1. The van der Waals surface area contributed by atoms with Crippen molar-refractivity contribution in [2.24, 2.45) is 0 Å². The minimum atomic E-state index is -0.862. The minimum Gasteiger partial charge on any atom is -0.481 e. The van der Waals surface area contributed by atoms with Crippen molar-refractivity contribution in [3.8, 4) is 0 Å². The number of aliphatic carboxylic acids is 1. The predicted octanol–water partition coefficient (Wildman–Crippen LogP) is 2.24. The summed E-state index contributed by atoms with van der Waals surface area (Å²) in [5, 5.41) is 12.7. The van der Waals surface area contributed by atoms with Gasteiger partial charge < -0.3 is 14.9 Å². The van der Waals surface area contributed by atoms with Gasteiger partial charge in [0.1, 0.15) is 0 Å². The predicted molar refractivity (Wildman–Crippen MR) is 73.2 cm³/mol. The second-order valence-corrected chi connectivity index (χ2v) is 5.62. The van der Waals surface area contributed by atoms with E-state index in [1.54, 1.807) is 28.2 Å². The largest absolute Gasteiger partial charge is 0.481 e. The van der Waals surface area contributed by atoms with Crippen LogP contribution in [0.2, 0.25) is 0 Å². The molecule has 0 radical (unpaired) electrons. The number of carboxylic acids is 1. The van der Waals surface area contributed by atoms with Gasteiger partial charge in [-0.25, -0.2) is 4.79 Å². The molecule has 104 valence electrons. The molecule has 0 aliphatic heterocycles. The van der Waals surface area contributed by atoms with Crippen molar-refractivity contribution >= 4 is 23.3 Å². The van der Waals surface area contributed by atoms with Crippen LogP contribution in [-0.4, -0.2) is 46.5 Å². The van der Waals surface area contributed by atoms with Gasteiger partial charge >= 0.3 is 12.0 Å². The molecule has 1 fully saturated rings. The Bertz CT molecular complexity index is 443. The molecule has 1 aliphatic carbocycles. The maximum Gasteiger partial charge on any atom is 0.320 e. The molecule has 2 rings (SSSR count). The Labute approximate surface area is 116 Å². The molecule has 1 aromatic heterocycles. The van der Waals surface area contributed by atoms with Crippen LogP contribution in [0.25, 0.3) is 0 Å². The molecule has 0 saturated heterocycles. The van der Waals surface area contributed by atoms with Crippen molar-refractivity contribution in [2.45, 2.75) is 31.8 Å². The highest BCUT2D eigenvalue weighted by Gasteiger charge is 2.34. The zero-order valence-electron chi connectivity index (χ0n) is 10.9. The summed E-state index contributed by atoms with van der Waals surface area (Å²) in [5.41, 5.74) is 1.11. The van der Waals surface area contributed by atoms with Gasteiger partial charge in [-0.3, -0.25) is 4.79 Å². The van der Waals surface area contributed by atoms with E-state index in [1.165, 1.54) is 0 Å². The fraction of sp³-hybridized carbons (Fsp3) is 0.538.